The van der Waals surface area contributed by atoms with Crippen LogP contribution in [0.25, 0.3) is 0 Å². The van der Waals surface area contributed by atoms with Gasteiger partial charge in [-0.25, -0.2) is 5.43 Å². The van der Waals surface area contributed by atoms with Crippen LogP contribution in [0.4, 0.5) is 0 Å². The van der Waals surface area contributed by atoms with Gasteiger partial charge in [0.1, 0.15) is 23.9 Å². The van der Waals surface area contributed by atoms with E-state index in [1.807, 2.05) is 48.5 Å². The predicted octanol–water partition coefficient (Wildman–Crippen LogP) is 4.57. The molecule has 0 bridgehead atoms. The van der Waals surface area contributed by atoms with E-state index < -0.39 is 0 Å². The molecule has 3 aromatic rings. The van der Waals surface area contributed by atoms with Crippen LogP contribution in [-0.2, 0) is 11.4 Å². The van der Waals surface area contributed by atoms with Crippen molar-refractivity contribution in [3.63, 3.8) is 0 Å². The summed E-state index contributed by atoms with van der Waals surface area (Å²) in [5, 5.41) is 4.01. The molecule has 3 rings (SSSR count). The van der Waals surface area contributed by atoms with Gasteiger partial charge in [0.25, 0.3) is 5.91 Å². The molecule has 154 valence electrons. The highest BCUT2D eigenvalue weighted by Gasteiger charge is 2.05. The Bertz CT molecular complexity index is 992. The number of carbonyl (C=O) groups is 1. The van der Waals surface area contributed by atoms with Crippen molar-refractivity contribution in [2.75, 3.05) is 13.7 Å². The molecule has 0 spiro atoms. The molecule has 0 aromatic heterocycles. The summed E-state index contributed by atoms with van der Waals surface area (Å²) < 4.78 is 17.3. The number of halogens is 1. The molecule has 1 amide bonds. The van der Waals surface area contributed by atoms with E-state index >= 15 is 0 Å². The Morgan fingerprint density at radius 1 is 1.00 bits per heavy atom. The van der Waals surface area contributed by atoms with Crippen molar-refractivity contribution in [2.45, 2.75) is 6.61 Å². The number of nitrogens with zero attached hydrogens (tertiary/aromatic N) is 1. The van der Waals surface area contributed by atoms with Gasteiger partial charge in [0.2, 0.25) is 0 Å². The summed E-state index contributed by atoms with van der Waals surface area (Å²) in [5.41, 5.74) is 4.25. The average molecular weight is 469 g/mol. The predicted molar refractivity (Wildman–Crippen MR) is 119 cm³/mol. The zero-order valence-corrected chi connectivity index (χ0v) is 18.0. The van der Waals surface area contributed by atoms with Gasteiger partial charge in [-0.1, -0.05) is 46.3 Å². The fourth-order valence-electron chi connectivity index (χ4n) is 2.51. The van der Waals surface area contributed by atoms with Gasteiger partial charge in [0.15, 0.2) is 6.61 Å². The van der Waals surface area contributed by atoms with Crippen LogP contribution in [0, 0.1) is 0 Å². The molecule has 0 atom stereocenters. The van der Waals surface area contributed by atoms with E-state index in [1.165, 1.54) is 6.21 Å². The monoisotopic (exact) mass is 468 g/mol. The Labute approximate surface area is 183 Å². The van der Waals surface area contributed by atoms with Crippen molar-refractivity contribution in [1.82, 2.24) is 5.43 Å². The molecule has 1 N–H and O–H groups in total. The Kier molecular flexibility index (Phi) is 7.86. The lowest BCUT2D eigenvalue weighted by molar-refractivity contribution is -0.123. The number of methoxy groups -OCH3 is 1. The molecule has 0 heterocycles. The Hall–Kier alpha value is -3.32. The lowest BCUT2D eigenvalue weighted by atomic mass is 10.2. The summed E-state index contributed by atoms with van der Waals surface area (Å²) in [5.74, 6) is 1.58. The minimum atomic E-state index is -0.371. The molecule has 30 heavy (non-hydrogen) atoms. The minimum Gasteiger partial charge on any atom is -0.497 e. The smallest absolute Gasteiger partial charge is 0.277 e. The normalized spacial score (nSPS) is 10.6. The molecular formula is C23H21BrN2O4. The lowest BCUT2D eigenvalue weighted by Crippen LogP contribution is -2.24. The van der Waals surface area contributed by atoms with Gasteiger partial charge in [-0.2, -0.15) is 5.10 Å². The first-order valence-electron chi connectivity index (χ1n) is 9.19. The number of hydrogen-bond donors (Lipinski definition) is 1. The van der Waals surface area contributed by atoms with Gasteiger partial charge in [-0.3, -0.25) is 4.79 Å². The van der Waals surface area contributed by atoms with E-state index in [0.29, 0.717) is 18.1 Å². The van der Waals surface area contributed by atoms with Crippen LogP contribution in [-0.4, -0.2) is 25.8 Å². The van der Waals surface area contributed by atoms with Gasteiger partial charge >= 0.3 is 0 Å². The van der Waals surface area contributed by atoms with Gasteiger partial charge in [0, 0.05) is 10.0 Å². The van der Waals surface area contributed by atoms with E-state index in [2.05, 4.69) is 26.5 Å². The number of hydrogen-bond acceptors (Lipinski definition) is 5. The summed E-state index contributed by atoms with van der Waals surface area (Å²) in [6.45, 7) is 0.283. The van der Waals surface area contributed by atoms with E-state index in [4.69, 9.17) is 14.2 Å². The third-order valence-corrected chi connectivity index (χ3v) is 4.52. The van der Waals surface area contributed by atoms with E-state index in [9.17, 15) is 4.79 Å². The summed E-state index contributed by atoms with van der Waals surface area (Å²) in [6.07, 6.45) is 1.54. The average Bonchev–Trinajstić information content (AvgIpc) is 2.78. The molecular weight excluding hydrogens is 448 g/mol. The number of amides is 1. The summed E-state index contributed by atoms with van der Waals surface area (Å²) in [6, 6.07) is 22.5. The first-order valence-corrected chi connectivity index (χ1v) is 9.98. The standard InChI is InChI=1S/C23H21BrN2O4/c1-28-20-8-10-21(11-9-20)29-16-23(27)26-25-14-18-13-19(24)7-12-22(18)30-15-17-5-3-2-4-6-17/h2-14H,15-16H2,1H3,(H,26,27)/b25-14+. The fourth-order valence-corrected chi connectivity index (χ4v) is 2.89. The first-order chi connectivity index (χ1) is 14.6. The molecule has 0 aliphatic heterocycles. The number of nitrogens with one attached hydrogen (secondary N) is 1. The van der Waals surface area contributed by atoms with E-state index in [1.54, 1.807) is 31.4 Å². The molecule has 0 fully saturated rings. The molecule has 0 radical (unpaired) electrons. The van der Waals surface area contributed by atoms with Gasteiger partial charge < -0.3 is 14.2 Å². The van der Waals surface area contributed by atoms with Crippen molar-refractivity contribution >= 4 is 28.1 Å². The van der Waals surface area contributed by atoms with Crippen LogP contribution in [0.3, 0.4) is 0 Å². The number of benzene rings is 3. The molecule has 0 unspecified atom stereocenters. The lowest BCUT2D eigenvalue weighted by Gasteiger charge is -2.10. The van der Waals surface area contributed by atoms with Crippen LogP contribution >= 0.6 is 15.9 Å². The summed E-state index contributed by atoms with van der Waals surface area (Å²) in [4.78, 5) is 12.0. The van der Waals surface area contributed by atoms with Crippen molar-refractivity contribution in [3.05, 3.63) is 88.4 Å². The van der Waals surface area contributed by atoms with Crippen molar-refractivity contribution in [3.8, 4) is 17.2 Å². The van der Waals surface area contributed by atoms with Crippen molar-refractivity contribution < 1.29 is 19.0 Å². The second-order valence-electron chi connectivity index (χ2n) is 6.21. The van der Waals surface area contributed by atoms with Crippen LogP contribution in [0.5, 0.6) is 17.2 Å². The minimum absolute atomic E-state index is 0.153. The molecule has 6 nitrogen and oxygen atoms in total. The molecule has 3 aromatic carbocycles. The Morgan fingerprint density at radius 2 is 1.73 bits per heavy atom. The van der Waals surface area contributed by atoms with Crippen LogP contribution in [0.2, 0.25) is 0 Å². The van der Waals surface area contributed by atoms with Crippen LogP contribution < -0.4 is 19.6 Å². The fraction of sp³-hybridized carbons (Fsp3) is 0.130. The molecule has 0 saturated carbocycles. The van der Waals surface area contributed by atoms with Gasteiger partial charge in [0.05, 0.1) is 13.3 Å². The highest BCUT2D eigenvalue weighted by Crippen LogP contribution is 2.23. The second-order valence-corrected chi connectivity index (χ2v) is 7.13. The first kappa shape index (κ1) is 21.4. The quantitative estimate of drug-likeness (QED) is 0.369. The third-order valence-electron chi connectivity index (χ3n) is 4.03. The SMILES string of the molecule is COc1ccc(OCC(=O)N/N=C/c2cc(Br)ccc2OCc2ccccc2)cc1. The number of carbonyl (C=O) groups excluding carboxylic acids is 1. The second kappa shape index (κ2) is 11.0. The van der Waals surface area contributed by atoms with Crippen LogP contribution in [0.1, 0.15) is 11.1 Å². The topological polar surface area (TPSA) is 69.2 Å². The summed E-state index contributed by atoms with van der Waals surface area (Å²) >= 11 is 3.44. The molecule has 0 saturated heterocycles. The van der Waals surface area contributed by atoms with Crippen LogP contribution in [0.15, 0.2) is 82.4 Å². The van der Waals surface area contributed by atoms with Crippen molar-refractivity contribution in [1.29, 1.82) is 0 Å². The van der Waals surface area contributed by atoms with Crippen molar-refractivity contribution in [2.24, 2.45) is 5.10 Å². The summed E-state index contributed by atoms with van der Waals surface area (Å²) in [7, 11) is 1.59. The number of hydrazone groups is 1. The molecule has 0 aliphatic carbocycles. The van der Waals surface area contributed by atoms with E-state index in [0.717, 1.165) is 21.3 Å². The number of rotatable bonds is 9. The maximum Gasteiger partial charge on any atom is 0.277 e. The molecule has 0 aliphatic rings. The Morgan fingerprint density at radius 3 is 2.47 bits per heavy atom. The third kappa shape index (κ3) is 6.63. The zero-order valence-electron chi connectivity index (χ0n) is 16.4. The van der Waals surface area contributed by atoms with E-state index in [-0.39, 0.29) is 12.5 Å². The Balaban J connectivity index is 1.54. The zero-order chi connectivity index (χ0) is 21.2. The van der Waals surface area contributed by atoms with Gasteiger partial charge in [-0.05, 0) is 48.0 Å². The maximum atomic E-state index is 12.0. The number of ether oxygens (including phenoxy) is 3. The van der Waals surface area contributed by atoms with Gasteiger partial charge in [-0.15, -0.1) is 0 Å². The largest absolute Gasteiger partial charge is 0.497 e. The molecule has 7 heteroatoms. The highest BCUT2D eigenvalue weighted by molar-refractivity contribution is 9.10. The highest BCUT2D eigenvalue weighted by atomic mass is 79.9. The maximum absolute atomic E-state index is 12.0.